The average Bonchev–Trinajstić information content (AvgIpc) is 2.91. The summed E-state index contributed by atoms with van der Waals surface area (Å²) in [6, 6.07) is -0.573. The van der Waals surface area contributed by atoms with E-state index in [0.717, 1.165) is 19.3 Å². The molecular weight excluding hydrogens is 254 g/mol. The van der Waals surface area contributed by atoms with Crippen LogP contribution in [0.2, 0.25) is 0 Å². The van der Waals surface area contributed by atoms with Gasteiger partial charge in [0.25, 0.3) is 0 Å². The fourth-order valence-electron chi connectivity index (χ4n) is 2.88. The highest BCUT2D eigenvalue weighted by atomic mass is 16.4. The van der Waals surface area contributed by atoms with Crippen LogP contribution in [0.3, 0.4) is 0 Å². The van der Waals surface area contributed by atoms with E-state index in [0.29, 0.717) is 19.4 Å². The van der Waals surface area contributed by atoms with E-state index >= 15 is 0 Å². The summed E-state index contributed by atoms with van der Waals surface area (Å²) in [7, 11) is 0. The number of hydrogen-bond acceptors (Lipinski definition) is 2. The highest BCUT2D eigenvalue weighted by Gasteiger charge is 2.33. The molecule has 4 heteroatoms. The maximum absolute atomic E-state index is 12.0. The SMILES string of the molecule is CCCCCCCCCCC(=O)N1CCC[C@@H]1C(=O)O. The number of rotatable bonds is 10. The first-order chi connectivity index (χ1) is 9.66. The summed E-state index contributed by atoms with van der Waals surface area (Å²) < 4.78 is 0. The molecule has 1 amide bonds. The van der Waals surface area contributed by atoms with Gasteiger partial charge in [0, 0.05) is 13.0 Å². The Morgan fingerprint density at radius 1 is 1.05 bits per heavy atom. The van der Waals surface area contributed by atoms with Crippen molar-refractivity contribution in [2.45, 2.75) is 83.6 Å². The maximum atomic E-state index is 12.0. The van der Waals surface area contributed by atoms with Gasteiger partial charge in [-0.15, -0.1) is 0 Å². The molecule has 0 aromatic carbocycles. The molecule has 1 heterocycles. The minimum absolute atomic E-state index is 0.0286. The zero-order chi connectivity index (χ0) is 14.8. The number of amides is 1. The minimum atomic E-state index is -0.855. The molecule has 1 aliphatic rings. The molecule has 1 fully saturated rings. The zero-order valence-corrected chi connectivity index (χ0v) is 12.8. The first-order valence-electron chi connectivity index (χ1n) is 8.19. The van der Waals surface area contributed by atoms with Crippen LogP contribution in [0.15, 0.2) is 0 Å². The molecule has 1 atom stereocenters. The van der Waals surface area contributed by atoms with Gasteiger partial charge < -0.3 is 10.0 Å². The summed E-state index contributed by atoms with van der Waals surface area (Å²) >= 11 is 0. The Labute approximate surface area is 122 Å². The largest absolute Gasteiger partial charge is 0.480 e. The van der Waals surface area contributed by atoms with E-state index in [1.807, 2.05) is 0 Å². The van der Waals surface area contributed by atoms with Crippen LogP contribution in [0, 0.1) is 0 Å². The molecule has 0 bridgehead atoms. The van der Waals surface area contributed by atoms with Crippen molar-refractivity contribution in [3.8, 4) is 0 Å². The summed E-state index contributed by atoms with van der Waals surface area (Å²) in [5.74, 6) is -0.826. The molecule has 1 aliphatic heterocycles. The van der Waals surface area contributed by atoms with Gasteiger partial charge in [-0.05, 0) is 19.3 Å². The number of hydrogen-bond donors (Lipinski definition) is 1. The number of carboxylic acids is 1. The molecule has 1 N–H and O–H groups in total. The van der Waals surface area contributed by atoms with Gasteiger partial charge in [0.15, 0.2) is 0 Å². The molecule has 0 saturated carbocycles. The van der Waals surface area contributed by atoms with Crippen molar-refractivity contribution in [3.05, 3.63) is 0 Å². The van der Waals surface area contributed by atoms with E-state index in [1.54, 1.807) is 4.90 Å². The van der Waals surface area contributed by atoms with Crippen molar-refractivity contribution >= 4 is 11.9 Å². The number of carbonyl (C=O) groups is 2. The van der Waals surface area contributed by atoms with Crippen molar-refractivity contribution in [2.24, 2.45) is 0 Å². The third-order valence-corrected chi connectivity index (χ3v) is 4.10. The fourth-order valence-corrected chi connectivity index (χ4v) is 2.88. The van der Waals surface area contributed by atoms with Gasteiger partial charge in [-0.3, -0.25) is 4.79 Å². The van der Waals surface area contributed by atoms with Crippen molar-refractivity contribution in [2.75, 3.05) is 6.54 Å². The van der Waals surface area contributed by atoms with Gasteiger partial charge in [-0.25, -0.2) is 4.79 Å². The Balaban J connectivity index is 2.07. The topological polar surface area (TPSA) is 57.6 Å². The Bertz CT molecular complexity index is 304. The quantitative estimate of drug-likeness (QED) is 0.623. The lowest BCUT2D eigenvalue weighted by Crippen LogP contribution is -2.40. The first kappa shape index (κ1) is 17.0. The Morgan fingerprint density at radius 3 is 2.25 bits per heavy atom. The maximum Gasteiger partial charge on any atom is 0.326 e. The summed E-state index contributed by atoms with van der Waals surface area (Å²) in [4.78, 5) is 24.6. The van der Waals surface area contributed by atoms with Crippen LogP contribution < -0.4 is 0 Å². The standard InChI is InChI=1S/C16H29NO3/c1-2-3-4-5-6-7-8-9-12-15(18)17-13-10-11-14(17)16(19)20/h14H,2-13H2,1H3,(H,19,20)/t14-/m1/s1. The molecule has 4 nitrogen and oxygen atoms in total. The normalized spacial score (nSPS) is 18.4. The first-order valence-corrected chi connectivity index (χ1v) is 8.19. The Hall–Kier alpha value is -1.06. The molecule has 1 saturated heterocycles. The average molecular weight is 283 g/mol. The molecule has 0 spiro atoms. The second kappa shape index (κ2) is 9.78. The summed E-state index contributed by atoms with van der Waals surface area (Å²) in [6.07, 6.45) is 11.6. The van der Waals surface area contributed by atoms with Crippen LogP contribution in [-0.4, -0.2) is 34.5 Å². The van der Waals surface area contributed by atoms with Gasteiger partial charge in [0.2, 0.25) is 5.91 Å². The predicted octanol–water partition coefficient (Wildman–Crippen LogP) is 3.59. The van der Waals surface area contributed by atoms with Crippen molar-refractivity contribution in [1.29, 1.82) is 0 Å². The fraction of sp³-hybridized carbons (Fsp3) is 0.875. The molecule has 0 unspecified atom stereocenters. The van der Waals surface area contributed by atoms with E-state index in [1.165, 1.54) is 38.5 Å². The van der Waals surface area contributed by atoms with E-state index in [9.17, 15) is 9.59 Å². The van der Waals surface area contributed by atoms with Crippen LogP contribution in [-0.2, 0) is 9.59 Å². The number of likely N-dealkylation sites (tertiary alicyclic amines) is 1. The van der Waals surface area contributed by atoms with Crippen LogP contribution in [0.1, 0.15) is 77.6 Å². The monoisotopic (exact) mass is 283 g/mol. The van der Waals surface area contributed by atoms with Gasteiger partial charge >= 0.3 is 5.97 Å². The molecular formula is C16H29NO3. The van der Waals surface area contributed by atoms with Gasteiger partial charge in [-0.1, -0.05) is 51.9 Å². The molecule has 0 radical (unpaired) electrons. The molecule has 20 heavy (non-hydrogen) atoms. The number of carboxylic acid groups (broad SMARTS) is 1. The van der Waals surface area contributed by atoms with Crippen LogP contribution in [0.4, 0.5) is 0 Å². The number of carbonyl (C=O) groups excluding carboxylic acids is 1. The summed E-state index contributed by atoms with van der Waals surface area (Å²) in [5, 5.41) is 9.05. The smallest absolute Gasteiger partial charge is 0.326 e. The van der Waals surface area contributed by atoms with Gasteiger partial charge in [0.05, 0.1) is 0 Å². The molecule has 1 rings (SSSR count). The van der Waals surface area contributed by atoms with E-state index in [2.05, 4.69) is 6.92 Å². The second-order valence-electron chi connectivity index (χ2n) is 5.81. The van der Waals surface area contributed by atoms with Crippen molar-refractivity contribution in [3.63, 3.8) is 0 Å². The minimum Gasteiger partial charge on any atom is -0.480 e. The number of unbranched alkanes of at least 4 members (excludes halogenated alkanes) is 7. The summed E-state index contributed by atoms with van der Waals surface area (Å²) in [5.41, 5.74) is 0. The highest BCUT2D eigenvalue weighted by molar-refractivity contribution is 5.84. The molecule has 0 aliphatic carbocycles. The van der Waals surface area contributed by atoms with Crippen molar-refractivity contribution < 1.29 is 14.7 Å². The van der Waals surface area contributed by atoms with Crippen molar-refractivity contribution in [1.82, 2.24) is 4.90 Å². The van der Waals surface area contributed by atoms with Crippen LogP contribution in [0.25, 0.3) is 0 Å². The zero-order valence-electron chi connectivity index (χ0n) is 12.8. The van der Waals surface area contributed by atoms with Gasteiger partial charge in [-0.2, -0.15) is 0 Å². The third kappa shape index (κ3) is 5.93. The molecule has 0 aromatic heterocycles. The van der Waals surface area contributed by atoms with Crippen LogP contribution in [0.5, 0.6) is 0 Å². The van der Waals surface area contributed by atoms with Gasteiger partial charge in [0.1, 0.15) is 6.04 Å². The number of nitrogens with zero attached hydrogens (tertiary/aromatic N) is 1. The third-order valence-electron chi connectivity index (χ3n) is 4.10. The molecule has 116 valence electrons. The van der Waals surface area contributed by atoms with E-state index in [4.69, 9.17) is 5.11 Å². The lowest BCUT2D eigenvalue weighted by Gasteiger charge is -2.21. The van der Waals surface area contributed by atoms with E-state index in [-0.39, 0.29) is 5.91 Å². The van der Waals surface area contributed by atoms with E-state index < -0.39 is 12.0 Å². The number of aliphatic carboxylic acids is 1. The second-order valence-corrected chi connectivity index (χ2v) is 5.81. The summed E-state index contributed by atoms with van der Waals surface area (Å²) in [6.45, 7) is 2.83. The Kier molecular flexibility index (Phi) is 8.31. The highest BCUT2D eigenvalue weighted by Crippen LogP contribution is 2.19. The lowest BCUT2D eigenvalue weighted by atomic mass is 10.1. The molecule has 0 aromatic rings. The Morgan fingerprint density at radius 2 is 1.65 bits per heavy atom. The van der Waals surface area contributed by atoms with Crippen LogP contribution >= 0.6 is 0 Å². The lowest BCUT2D eigenvalue weighted by molar-refractivity contribution is -0.148. The predicted molar refractivity (Wildman–Crippen MR) is 79.6 cm³/mol.